The largest absolute Gasteiger partial charge is 0.497 e. The number of carbonyl (C=O) groups excluding carboxylic acids is 2. The lowest BCUT2D eigenvalue weighted by Crippen LogP contribution is -2.20. The van der Waals surface area contributed by atoms with Gasteiger partial charge in [0.1, 0.15) is 11.5 Å². The number of rotatable bonds is 8. The van der Waals surface area contributed by atoms with E-state index in [-0.39, 0.29) is 29.5 Å². The predicted molar refractivity (Wildman–Crippen MR) is 118 cm³/mol. The third-order valence-corrected chi connectivity index (χ3v) is 4.07. The Morgan fingerprint density at radius 2 is 1.47 bits per heavy atom. The molecule has 9 heteroatoms. The van der Waals surface area contributed by atoms with E-state index >= 15 is 0 Å². The molecule has 0 bridgehead atoms. The fourth-order valence-electron chi connectivity index (χ4n) is 2.55. The lowest BCUT2D eigenvalue weighted by atomic mass is 10.1. The fraction of sp³-hybridized carbons (Fsp3) is 0.286. The topological polar surface area (TPSA) is 95.1 Å². The van der Waals surface area contributed by atoms with Crippen LogP contribution in [0.4, 0.5) is 11.4 Å². The van der Waals surface area contributed by atoms with Crippen molar-refractivity contribution in [1.29, 1.82) is 0 Å². The molecule has 2 N–H and O–H groups in total. The molecule has 0 spiro atoms. The van der Waals surface area contributed by atoms with Gasteiger partial charge in [-0.3, -0.25) is 0 Å². The molecule has 0 heterocycles. The quantitative estimate of drug-likeness (QED) is 0.476. The van der Waals surface area contributed by atoms with E-state index in [1.165, 1.54) is 13.2 Å². The molecule has 0 saturated heterocycles. The number of carbonyl (C=O) groups is 2. The van der Waals surface area contributed by atoms with E-state index in [1.807, 2.05) is 0 Å². The Labute approximate surface area is 180 Å². The summed E-state index contributed by atoms with van der Waals surface area (Å²) >= 11 is 5.37. The summed E-state index contributed by atoms with van der Waals surface area (Å²) < 4.78 is 20.6. The number of thiocarbonyl (C=S) groups is 1. The molecule has 160 valence electrons. The second kappa shape index (κ2) is 11.0. The van der Waals surface area contributed by atoms with E-state index in [0.29, 0.717) is 22.9 Å². The number of ether oxygens (including phenoxy) is 4. The molecule has 0 amide bonds. The number of hydrogen-bond donors (Lipinski definition) is 2. The van der Waals surface area contributed by atoms with Crippen molar-refractivity contribution in [3.8, 4) is 11.5 Å². The van der Waals surface area contributed by atoms with Crippen LogP contribution in [0.25, 0.3) is 0 Å². The van der Waals surface area contributed by atoms with Crippen LogP contribution in [0.3, 0.4) is 0 Å². The summed E-state index contributed by atoms with van der Waals surface area (Å²) in [6.45, 7) is 3.83. The maximum atomic E-state index is 12.2. The average molecular weight is 432 g/mol. The van der Waals surface area contributed by atoms with Crippen molar-refractivity contribution in [3.05, 3.63) is 47.5 Å². The van der Waals surface area contributed by atoms with Gasteiger partial charge in [0.15, 0.2) is 5.11 Å². The smallest absolute Gasteiger partial charge is 0.338 e. The number of methoxy groups -OCH3 is 2. The van der Waals surface area contributed by atoms with Gasteiger partial charge < -0.3 is 29.6 Å². The first-order chi connectivity index (χ1) is 14.4. The Morgan fingerprint density at radius 3 is 1.97 bits per heavy atom. The number of hydrogen-bond acceptors (Lipinski definition) is 7. The molecule has 2 aromatic carbocycles. The Kier molecular flexibility index (Phi) is 8.42. The van der Waals surface area contributed by atoms with Crippen LogP contribution in [0.15, 0.2) is 36.4 Å². The second-order valence-corrected chi connectivity index (χ2v) is 6.29. The summed E-state index contributed by atoms with van der Waals surface area (Å²) in [5.41, 5.74) is 1.45. The monoisotopic (exact) mass is 432 g/mol. The van der Waals surface area contributed by atoms with Crippen LogP contribution in [-0.4, -0.2) is 44.5 Å². The molecule has 0 radical (unpaired) electrons. The molecule has 0 aliphatic carbocycles. The van der Waals surface area contributed by atoms with E-state index in [0.717, 1.165) is 0 Å². The van der Waals surface area contributed by atoms with Crippen molar-refractivity contribution in [2.24, 2.45) is 0 Å². The van der Waals surface area contributed by atoms with Crippen LogP contribution in [0.1, 0.15) is 34.6 Å². The highest BCUT2D eigenvalue weighted by Gasteiger charge is 2.16. The van der Waals surface area contributed by atoms with Gasteiger partial charge in [0, 0.05) is 11.8 Å². The highest BCUT2D eigenvalue weighted by atomic mass is 32.1. The van der Waals surface area contributed by atoms with Gasteiger partial charge in [-0.25, -0.2) is 9.59 Å². The number of esters is 2. The van der Waals surface area contributed by atoms with Crippen LogP contribution in [0, 0.1) is 0 Å². The lowest BCUT2D eigenvalue weighted by Gasteiger charge is -2.15. The van der Waals surface area contributed by atoms with Crippen LogP contribution in [0.2, 0.25) is 0 Å². The van der Waals surface area contributed by atoms with Gasteiger partial charge in [0.2, 0.25) is 0 Å². The first kappa shape index (κ1) is 23.0. The molecule has 0 saturated carbocycles. The van der Waals surface area contributed by atoms with Gasteiger partial charge in [-0.05, 0) is 56.4 Å². The Bertz CT molecular complexity index is 895. The molecule has 0 aromatic heterocycles. The highest BCUT2D eigenvalue weighted by molar-refractivity contribution is 7.80. The maximum absolute atomic E-state index is 12.2. The van der Waals surface area contributed by atoms with Crippen molar-refractivity contribution in [3.63, 3.8) is 0 Å². The molecule has 0 aliphatic heterocycles. The second-order valence-electron chi connectivity index (χ2n) is 5.89. The highest BCUT2D eigenvalue weighted by Crippen LogP contribution is 2.29. The number of benzene rings is 2. The Balaban J connectivity index is 2.26. The van der Waals surface area contributed by atoms with Crippen molar-refractivity contribution < 1.29 is 28.5 Å². The maximum Gasteiger partial charge on any atom is 0.338 e. The van der Waals surface area contributed by atoms with Gasteiger partial charge >= 0.3 is 11.9 Å². The Hall–Kier alpha value is -3.33. The molecular formula is C21H24N2O6S. The molecule has 0 atom stereocenters. The van der Waals surface area contributed by atoms with Gasteiger partial charge in [-0.15, -0.1) is 0 Å². The third kappa shape index (κ3) is 6.08. The predicted octanol–water partition coefficient (Wildman–Crippen LogP) is 3.87. The van der Waals surface area contributed by atoms with Gasteiger partial charge in [0.25, 0.3) is 0 Å². The minimum atomic E-state index is -0.553. The van der Waals surface area contributed by atoms with Crippen LogP contribution in [0.5, 0.6) is 11.5 Å². The summed E-state index contributed by atoms with van der Waals surface area (Å²) in [5.74, 6) is 0.0632. The van der Waals surface area contributed by atoms with Gasteiger partial charge in [0.05, 0.1) is 44.2 Å². The summed E-state index contributed by atoms with van der Waals surface area (Å²) in [4.78, 5) is 24.3. The van der Waals surface area contributed by atoms with Gasteiger partial charge in [-0.1, -0.05) is 0 Å². The summed E-state index contributed by atoms with van der Waals surface area (Å²) in [6.07, 6.45) is 0. The SMILES string of the molecule is CCOC(=O)c1cc(NC(=S)Nc2ccc(OC)cc2OC)cc(C(=O)OCC)c1. The molecule has 0 aliphatic rings. The van der Waals surface area contributed by atoms with E-state index in [4.69, 9.17) is 31.2 Å². The standard InChI is InChI=1S/C21H24N2O6S/c1-5-28-19(24)13-9-14(20(25)29-6-2)11-15(10-13)22-21(30)23-17-8-7-16(26-3)12-18(17)27-4/h7-12H,5-6H2,1-4H3,(H2,22,23,30). The lowest BCUT2D eigenvalue weighted by molar-refractivity contribution is 0.0525. The summed E-state index contributed by atoms with van der Waals surface area (Å²) in [7, 11) is 3.09. The van der Waals surface area contributed by atoms with Crippen LogP contribution < -0.4 is 20.1 Å². The zero-order chi connectivity index (χ0) is 22.1. The van der Waals surface area contributed by atoms with Crippen molar-refractivity contribution in [2.45, 2.75) is 13.8 Å². The fourth-order valence-corrected chi connectivity index (χ4v) is 2.78. The normalized spacial score (nSPS) is 10.0. The number of nitrogens with one attached hydrogen (secondary N) is 2. The zero-order valence-electron chi connectivity index (χ0n) is 17.2. The summed E-state index contributed by atoms with van der Waals surface area (Å²) in [5, 5.41) is 6.21. The Morgan fingerprint density at radius 1 is 0.867 bits per heavy atom. The van der Waals surface area contributed by atoms with Gasteiger partial charge in [-0.2, -0.15) is 0 Å². The molecule has 2 rings (SSSR count). The molecule has 8 nitrogen and oxygen atoms in total. The van der Waals surface area contributed by atoms with Crippen molar-refractivity contribution in [2.75, 3.05) is 38.1 Å². The van der Waals surface area contributed by atoms with E-state index in [2.05, 4.69) is 10.6 Å². The molecule has 0 fully saturated rings. The molecular weight excluding hydrogens is 408 g/mol. The van der Waals surface area contributed by atoms with Crippen LogP contribution >= 0.6 is 12.2 Å². The zero-order valence-corrected chi connectivity index (χ0v) is 18.1. The average Bonchev–Trinajstić information content (AvgIpc) is 2.74. The molecule has 0 unspecified atom stereocenters. The third-order valence-electron chi connectivity index (χ3n) is 3.87. The van der Waals surface area contributed by atoms with Crippen molar-refractivity contribution in [1.82, 2.24) is 0 Å². The first-order valence-corrected chi connectivity index (χ1v) is 9.62. The van der Waals surface area contributed by atoms with E-state index in [9.17, 15) is 9.59 Å². The molecule has 30 heavy (non-hydrogen) atoms. The van der Waals surface area contributed by atoms with Crippen LogP contribution in [-0.2, 0) is 9.47 Å². The minimum Gasteiger partial charge on any atom is -0.497 e. The van der Waals surface area contributed by atoms with E-state index < -0.39 is 11.9 Å². The minimum absolute atomic E-state index is 0.203. The number of anilines is 2. The first-order valence-electron chi connectivity index (χ1n) is 9.21. The van der Waals surface area contributed by atoms with E-state index in [1.54, 1.807) is 51.3 Å². The molecule has 2 aromatic rings. The van der Waals surface area contributed by atoms with Crippen molar-refractivity contribution >= 4 is 40.6 Å². The summed E-state index contributed by atoms with van der Waals surface area (Å²) in [6, 6.07) is 9.73.